The summed E-state index contributed by atoms with van der Waals surface area (Å²) in [6, 6.07) is 22.1. The van der Waals surface area contributed by atoms with Crippen LogP contribution in [0.5, 0.6) is 0 Å². The predicted molar refractivity (Wildman–Crippen MR) is 140 cm³/mol. The Bertz CT molecular complexity index is 1150. The highest BCUT2D eigenvalue weighted by Gasteiger charge is 2.28. The van der Waals surface area contributed by atoms with Crippen molar-refractivity contribution in [2.24, 2.45) is 0 Å². The van der Waals surface area contributed by atoms with E-state index < -0.39 is 10.0 Å². The van der Waals surface area contributed by atoms with Crippen molar-refractivity contribution in [3.8, 4) is 0 Å². The first kappa shape index (κ1) is 25.6. The second kappa shape index (κ2) is 11.5. The zero-order chi connectivity index (χ0) is 24.1. The molecule has 0 unspecified atom stereocenters. The maximum Gasteiger partial charge on any atom is 0.243 e. The monoisotopic (exact) mass is 582 g/mol. The van der Waals surface area contributed by atoms with E-state index in [1.165, 1.54) is 0 Å². The van der Waals surface area contributed by atoms with Gasteiger partial charge < -0.3 is 4.74 Å². The minimum Gasteiger partial charge on any atom is -0.367 e. The van der Waals surface area contributed by atoms with Crippen LogP contribution >= 0.6 is 39.1 Å². The fourth-order valence-corrected chi connectivity index (χ4v) is 6.20. The fraction of sp³-hybridized carbons (Fsp3) is 0.280. The summed E-state index contributed by atoms with van der Waals surface area (Å²) in [7, 11) is -3.50. The Labute approximate surface area is 219 Å². The van der Waals surface area contributed by atoms with E-state index in [1.54, 1.807) is 22.5 Å². The van der Waals surface area contributed by atoms with E-state index in [-0.39, 0.29) is 6.10 Å². The van der Waals surface area contributed by atoms with Crippen molar-refractivity contribution in [3.05, 3.63) is 98.4 Å². The molecule has 0 atom stereocenters. The van der Waals surface area contributed by atoms with Crippen LogP contribution in [0, 0.1) is 0 Å². The van der Waals surface area contributed by atoms with Crippen LogP contribution in [0.25, 0.3) is 0 Å². The predicted octanol–water partition coefficient (Wildman–Crippen LogP) is 5.87. The summed E-state index contributed by atoms with van der Waals surface area (Å²) in [5, 5.41) is 1.35. The number of piperazine rings is 1. The molecule has 0 N–H and O–H groups in total. The molecule has 34 heavy (non-hydrogen) atoms. The molecular formula is C25H25BrCl2N2O3S. The third-order valence-electron chi connectivity index (χ3n) is 5.80. The van der Waals surface area contributed by atoms with Crippen LogP contribution in [0.15, 0.2) is 82.2 Å². The molecule has 0 aliphatic carbocycles. The average Bonchev–Trinajstić information content (AvgIpc) is 2.84. The molecule has 1 aliphatic rings. The molecule has 1 aliphatic heterocycles. The van der Waals surface area contributed by atoms with E-state index >= 15 is 0 Å². The summed E-state index contributed by atoms with van der Waals surface area (Å²) in [5.41, 5.74) is 2.02. The van der Waals surface area contributed by atoms with E-state index in [4.69, 9.17) is 27.9 Å². The van der Waals surface area contributed by atoms with Crippen molar-refractivity contribution in [2.45, 2.75) is 11.0 Å². The minimum atomic E-state index is -3.50. The van der Waals surface area contributed by atoms with E-state index in [0.717, 1.165) is 15.6 Å². The Morgan fingerprint density at radius 2 is 1.41 bits per heavy atom. The number of hydrogen-bond donors (Lipinski definition) is 0. The molecule has 3 aromatic rings. The van der Waals surface area contributed by atoms with Crippen LogP contribution in [0.3, 0.4) is 0 Å². The third-order valence-corrected chi connectivity index (χ3v) is 8.69. The highest BCUT2D eigenvalue weighted by molar-refractivity contribution is 9.10. The Hall–Kier alpha value is -1.45. The minimum absolute atomic E-state index is 0.243. The molecule has 0 saturated carbocycles. The van der Waals surface area contributed by atoms with Gasteiger partial charge in [0.25, 0.3) is 0 Å². The van der Waals surface area contributed by atoms with Crippen LogP contribution in [-0.4, -0.2) is 57.0 Å². The summed E-state index contributed by atoms with van der Waals surface area (Å²) < 4.78 is 34.5. The van der Waals surface area contributed by atoms with Crippen molar-refractivity contribution in [1.29, 1.82) is 0 Å². The van der Waals surface area contributed by atoms with Gasteiger partial charge in [-0.1, -0.05) is 69.5 Å². The molecule has 0 amide bonds. The first-order chi connectivity index (χ1) is 16.3. The largest absolute Gasteiger partial charge is 0.367 e. The summed E-state index contributed by atoms with van der Waals surface area (Å²) >= 11 is 15.5. The highest BCUT2D eigenvalue weighted by atomic mass is 79.9. The van der Waals surface area contributed by atoms with Gasteiger partial charge in [-0.2, -0.15) is 4.31 Å². The molecule has 0 radical (unpaired) electrons. The van der Waals surface area contributed by atoms with Gasteiger partial charge in [0.1, 0.15) is 6.10 Å². The molecule has 5 nitrogen and oxygen atoms in total. The summed E-state index contributed by atoms with van der Waals surface area (Å²) in [6.07, 6.45) is -0.243. The number of halogens is 3. The third kappa shape index (κ3) is 6.40. The molecule has 0 bridgehead atoms. The van der Waals surface area contributed by atoms with Gasteiger partial charge in [0.15, 0.2) is 0 Å². The Kier molecular flexibility index (Phi) is 8.69. The van der Waals surface area contributed by atoms with Crippen LogP contribution in [0.2, 0.25) is 10.0 Å². The molecule has 9 heteroatoms. The van der Waals surface area contributed by atoms with Gasteiger partial charge in [-0.3, -0.25) is 4.90 Å². The molecule has 1 heterocycles. The summed E-state index contributed by atoms with van der Waals surface area (Å²) in [6.45, 7) is 3.43. The SMILES string of the molecule is O=S(=O)(c1cccc(Br)c1)N1CCN(CCOC(c2ccc(Cl)cc2)c2ccc(Cl)cc2)CC1. The van der Waals surface area contributed by atoms with E-state index in [1.807, 2.05) is 54.6 Å². The van der Waals surface area contributed by atoms with Gasteiger partial charge in [-0.05, 0) is 53.6 Å². The number of hydrogen-bond acceptors (Lipinski definition) is 4. The smallest absolute Gasteiger partial charge is 0.243 e. The Balaban J connectivity index is 1.35. The zero-order valence-corrected chi connectivity index (χ0v) is 22.3. The van der Waals surface area contributed by atoms with Crippen molar-refractivity contribution < 1.29 is 13.2 Å². The van der Waals surface area contributed by atoms with Gasteiger partial charge >= 0.3 is 0 Å². The van der Waals surface area contributed by atoms with Gasteiger partial charge in [-0.25, -0.2) is 8.42 Å². The number of nitrogens with zero attached hydrogens (tertiary/aromatic N) is 2. The maximum absolute atomic E-state index is 13.0. The summed E-state index contributed by atoms with van der Waals surface area (Å²) in [5.74, 6) is 0. The maximum atomic E-state index is 13.0. The molecule has 1 saturated heterocycles. The van der Waals surface area contributed by atoms with Gasteiger partial charge in [0.05, 0.1) is 11.5 Å². The second-order valence-corrected chi connectivity index (χ2v) is 11.8. The Morgan fingerprint density at radius 3 is 1.94 bits per heavy atom. The lowest BCUT2D eigenvalue weighted by atomic mass is 10.0. The molecule has 3 aromatic carbocycles. The molecule has 180 valence electrons. The lowest BCUT2D eigenvalue weighted by Gasteiger charge is -2.34. The molecule has 1 fully saturated rings. The standard InChI is InChI=1S/C25H25BrCl2N2O3S/c26-21-2-1-3-24(18-21)34(31,32)30-14-12-29(13-15-30)16-17-33-25(19-4-8-22(27)9-5-19)20-6-10-23(28)11-7-20/h1-11,18,25H,12-17H2. The fourth-order valence-electron chi connectivity index (χ4n) is 3.93. The van der Waals surface area contributed by atoms with Crippen molar-refractivity contribution in [1.82, 2.24) is 9.21 Å². The van der Waals surface area contributed by atoms with E-state index in [9.17, 15) is 8.42 Å². The number of sulfonamides is 1. The summed E-state index contributed by atoms with van der Waals surface area (Å²) in [4.78, 5) is 2.54. The van der Waals surface area contributed by atoms with Crippen molar-refractivity contribution in [2.75, 3.05) is 39.3 Å². The number of rotatable bonds is 8. The molecule has 4 rings (SSSR count). The van der Waals surface area contributed by atoms with Crippen LogP contribution in [-0.2, 0) is 14.8 Å². The average molecular weight is 584 g/mol. The first-order valence-electron chi connectivity index (χ1n) is 10.9. The first-order valence-corrected chi connectivity index (χ1v) is 13.9. The number of ether oxygens (including phenoxy) is 1. The quantitative estimate of drug-likeness (QED) is 0.333. The van der Waals surface area contributed by atoms with E-state index in [0.29, 0.717) is 54.3 Å². The van der Waals surface area contributed by atoms with E-state index in [2.05, 4.69) is 20.8 Å². The lowest BCUT2D eigenvalue weighted by molar-refractivity contribution is 0.0527. The zero-order valence-electron chi connectivity index (χ0n) is 18.4. The van der Waals surface area contributed by atoms with Crippen molar-refractivity contribution >= 4 is 49.2 Å². The molecule has 0 aromatic heterocycles. The lowest BCUT2D eigenvalue weighted by Crippen LogP contribution is -2.49. The molecule has 0 spiro atoms. The topological polar surface area (TPSA) is 49.9 Å². The van der Waals surface area contributed by atoms with Crippen molar-refractivity contribution in [3.63, 3.8) is 0 Å². The van der Waals surface area contributed by atoms with Gasteiger partial charge in [0, 0.05) is 47.2 Å². The van der Waals surface area contributed by atoms with Gasteiger partial charge in [-0.15, -0.1) is 0 Å². The highest BCUT2D eigenvalue weighted by Crippen LogP contribution is 2.28. The van der Waals surface area contributed by atoms with Gasteiger partial charge in [0.2, 0.25) is 10.0 Å². The molecular weight excluding hydrogens is 559 g/mol. The second-order valence-electron chi connectivity index (χ2n) is 8.06. The number of benzene rings is 3. The Morgan fingerprint density at radius 1 is 0.853 bits per heavy atom. The van der Waals surface area contributed by atoms with Crippen LogP contribution in [0.4, 0.5) is 0 Å². The van der Waals surface area contributed by atoms with Crippen LogP contribution < -0.4 is 0 Å². The normalized spacial score (nSPS) is 15.6. The van der Waals surface area contributed by atoms with Crippen LogP contribution in [0.1, 0.15) is 17.2 Å².